The molecule has 7 nitrogen and oxygen atoms in total. The van der Waals surface area contributed by atoms with Gasteiger partial charge in [-0.2, -0.15) is 0 Å². The number of fused-ring (bicyclic) bond motifs is 1. The first-order valence-corrected chi connectivity index (χ1v) is 10.00. The second-order valence-corrected chi connectivity index (χ2v) is 7.87. The molecule has 0 spiro atoms. The van der Waals surface area contributed by atoms with Crippen molar-refractivity contribution in [3.8, 4) is 0 Å². The molecule has 3 rings (SSSR count). The summed E-state index contributed by atoms with van der Waals surface area (Å²) in [6, 6.07) is 4.67. The zero-order chi connectivity index (χ0) is 20.4. The summed E-state index contributed by atoms with van der Waals surface area (Å²) in [5.74, 6) is -0.405. The quantitative estimate of drug-likeness (QED) is 0.553. The third-order valence-corrected chi connectivity index (χ3v) is 5.18. The van der Waals surface area contributed by atoms with Crippen molar-refractivity contribution in [2.24, 2.45) is 5.92 Å². The highest BCUT2D eigenvalue weighted by Gasteiger charge is 2.36. The molecule has 0 saturated carbocycles. The van der Waals surface area contributed by atoms with E-state index in [4.69, 9.17) is 11.6 Å². The van der Waals surface area contributed by atoms with Gasteiger partial charge in [-0.25, -0.2) is 0 Å². The van der Waals surface area contributed by atoms with Crippen LogP contribution in [0.15, 0.2) is 18.2 Å². The van der Waals surface area contributed by atoms with Gasteiger partial charge in [0.2, 0.25) is 5.91 Å². The Labute approximate surface area is 169 Å². The molecular formula is C20H24ClN3O4. The Morgan fingerprint density at radius 3 is 2.21 bits per heavy atom. The Morgan fingerprint density at radius 2 is 1.61 bits per heavy atom. The fraction of sp³-hybridized carbons (Fsp3) is 0.500. The Bertz CT molecular complexity index is 816. The maximum Gasteiger partial charge on any atom is 0.261 e. The molecule has 2 aliphatic rings. The summed E-state index contributed by atoms with van der Waals surface area (Å²) in [5.41, 5.74) is 1.01. The number of rotatable bonds is 5. The maximum atomic E-state index is 12.8. The van der Waals surface area contributed by atoms with Gasteiger partial charge in [-0.15, -0.1) is 11.6 Å². The van der Waals surface area contributed by atoms with Crippen molar-refractivity contribution in [1.29, 1.82) is 0 Å². The van der Waals surface area contributed by atoms with Gasteiger partial charge in [0.15, 0.2) is 0 Å². The molecule has 0 aromatic heterocycles. The molecule has 4 amide bonds. The minimum absolute atomic E-state index is 0.00557. The SMILES string of the molecule is CC(C)CN1C(=O)c2ccc(C(=O)N3CCN(C(=O)CCCl)CC3)cc2C1=O. The van der Waals surface area contributed by atoms with Crippen molar-refractivity contribution in [3.05, 3.63) is 34.9 Å². The van der Waals surface area contributed by atoms with Crippen LogP contribution in [0.1, 0.15) is 51.3 Å². The summed E-state index contributed by atoms with van der Waals surface area (Å²) < 4.78 is 0. The molecule has 8 heteroatoms. The van der Waals surface area contributed by atoms with E-state index < -0.39 is 0 Å². The lowest BCUT2D eigenvalue weighted by Crippen LogP contribution is -2.50. The second-order valence-electron chi connectivity index (χ2n) is 7.49. The van der Waals surface area contributed by atoms with Gasteiger partial charge in [-0.05, 0) is 24.1 Å². The van der Waals surface area contributed by atoms with E-state index in [1.165, 1.54) is 11.0 Å². The summed E-state index contributed by atoms with van der Waals surface area (Å²) in [4.78, 5) is 54.4. The molecule has 0 unspecified atom stereocenters. The monoisotopic (exact) mass is 405 g/mol. The van der Waals surface area contributed by atoms with Crippen LogP contribution in [0.25, 0.3) is 0 Å². The Kier molecular flexibility index (Phi) is 6.03. The molecule has 0 radical (unpaired) electrons. The van der Waals surface area contributed by atoms with Crippen LogP contribution in [0.4, 0.5) is 0 Å². The number of nitrogens with zero attached hydrogens (tertiary/aromatic N) is 3. The number of imide groups is 1. The fourth-order valence-corrected chi connectivity index (χ4v) is 3.70. The van der Waals surface area contributed by atoms with E-state index in [1.54, 1.807) is 21.9 Å². The maximum absolute atomic E-state index is 12.8. The highest BCUT2D eigenvalue weighted by atomic mass is 35.5. The molecule has 2 heterocycles. The second kappa shape index (κ2) is 8.31. The van der Waals surface area contributed by atoms with Crippen LogP contribution in [-0.4, -0.2) is 76.9 Å². The lowest BCUT2D eigenvalue weighted by molar-refractivity contribution is -0.132. The van der Waals surface area contributed by atoms with E-state index in [0.717, 1.165) is 0 Å². The van der Waals surface area contributed by atoms with Gasteiger partial charge >= 0.3 is 0 Å². The zero-order valence-electron chi connectivity index (χ0n) is 16.1. The van der Waals surface area contributed by atoms with E-state index in [2.05, 4.69) is 0 Å². The van der Waals surface area contributed by atoms with Crippen LogP contribution in [-0.2, 0) is 4.79 Å². The van der Waals surface area contributed by atoms with Crippen LogP contribution in [0, 0.1) is 5.92 Å². The summed E-state index contributed by atoms with van der Waals surface area (Å²) in [5, 5.41) is 0. The smallest absolute Gasteiger partial charge is 0.261 e. The minimum Gasteiger partial charge on any atom is -0.339 e. The highest BCUT2D eigenvalue weighted by molar-refractivity contribution is 6.22. The molecule has 1 fully saturated rings. The molecule has 0 atom stereocenters. The van der Waals surface area contributed by atoms with E-state index >= 15 is 0 Å². The van der Waals surface area contributed by atoms with Gasteiger partial charge in [0.05, 0.1) is 11.1 Å². The van der Waals surface area contributed by atoms with E-state index in [1.807, 2.05) is 13.8 Å². The normalized spacial score (nSPS) is 16.8. The predicted octanol–water partition coefficient (Wildman–Crippen LogP) is 1.85. The Morgan fingerprint density at radius 1 is 1.00 bits per heavy atom. The van der Waals surface area contributed by atoms with Gasteiger partial charge in [-0.3, -0.25) is 24.1 Å². The van der Waals surface area contributed by atoms with Crippen molar-refractivity contribution < 1.29 is 19.2 Å². The summed E-state index contributed by atoms with van der Waals surface area (Å²) >= 11 is 5.61. The first-order chi connectivity index (χ1) is 13.3. The molecule has 150 valence electrons. The van der Waals surface area contributed by atoms with Gasteiger partial charge in [-0.1, -0.05) is 13.8 Å². The van der Waals surface area contributed by atoms with Crippen molar-refractivity contribution in [2.45, 2.75) is 20.3 Å². The zero-order valence-corrected chi connectivity index (χ0v) is 16.9. The number of benzene rings is 1. The number of alkyl halides is 1. The number of halogens is 1. The number of hydrogen-bond donors (Lipinski definition) is 0. The lowest BCUT2D eigenvalue weighted by Gasteiger charge is -2.34. The standard InChI is InChI=1S/C20H24ClN3O4/c1-13(2)12-24-19(27)15-4-3-14(11-16(15)20(24)28)18(26)23-9-7-22(8-10-23)17(25)5-6-21/h3-4,11,13H,5-10,12H2,1-2H3. The molecule has 0 bridgehead atoms. The Balaban J connectivity index is 1.71. The van der Waals surface area contributed by atoms with Gasteiger partial charge < -0.3 is 9.80 Å². The molecule has 1 saturated heterocycles. The van der Waals surface area contributed by atoms with Gasteiger partial charge in [0.25, 0.3) is 17.7 Å². The lowest BCUT2D eigenvalue weighted by atomic mass is 10.0. The van der Waals surface area contributed by atoms with Crippen molar-refractivity contribution in [1.82, 2.24) is 14.7 Å². The predicted molar refractivity (Wildman–Crippen MR) is 104 cm³/mol. The average molecular weight is 406 g/mol. The molecular weight excluding hydrogens is 382 g/mol. The topological polar surface area (TPSA) is 78.0 Å². The van der Waals surface area contributed by atoms with Crippen molar-refractivity contribution in [2.75, 3.05) is 38.6 Å². The molecule has 0 N–H and O–H groups in total. The van der Waals surface area contributed by atoms with Crippen LogP contribution in [0.5, 0.6) is 0 Å². The third-order valence-electron chi connectivity index (χ3n) is 4.99. The molecule has 28 heavy (non-hydrogen) atoms. The van der Waals surface area contributed by atoms with Crippen LogP contribution in [0.3, 0.4) is 0 Å². The summed E-state index contributed by atoms with van der Waals surface area (Å²) in [6.07, 6.45) is 0.295. The van der Waals surface area contributed by atoms with E-state index in [-0.39, 0.29) is 41.0 Å². The first-order valence-electron chi connectivity index (χ1n) is 9.46. The highest BCUT2D eigenvalue weighted by Crippen LogP contribution is 2.25. The van der Waals surface area contributed by atoms with Gasteiger partial charge in [0, 0.05) is 50.6 Å². The average Bonchev–Trinajstić information content (AvgIpc) is 2.92. The first kappa shape index (κ1) is 20.3. The molecule has 0 aliphatic carbocycles. The van der Waals surface area contributed by atoms with Crippen LogP contribution >= 0.6 is 11.6 Å². The fourth-order valence-electron chi connectivity index (χ4n) is 3.54. The number of hydrogen-bond acceptors (Lipinski definition) is 4. The minimum atomic E-state index is -0.347. The van der Waals surface area contributed by atoms with Crippen LogP contribution in [0.2, 0.25) is 0 Å². The number of carbonyl (C=O) groups excluding carboxylic acids is 4. The molecule has 1 aromatic carbocycles. The number of piperazine rings is 1. The Hall–Kier alpha value is -2.41. The van der Waals surface area contributed by atoms with Gasteiger partial charge in [0.1, 0.15) is 0 Å². The number of carbonyl (C=O) groups is 4. The molecule has 2 aliphatic heterocycles. The van der Waals surface area contributed by atoms with Crippen molar-refractivity contribution in [3.63, 3.8) is 0 Å². The van der Waals surface area contributed by atoms with E-state index in [0.29, 0.717) is 50.3 Å². The largest absolute Gasteiger partial charge is 0.339 e. The van der Waals surface area contributed by atoms with Crippen LogP contribution < -0.4 is 0 Å². The summed E-state index contributed by atoms with van der Waals surface area (Å²) in [7, 11) is 0. The molecule has 1 aromatic rings. The number of amides is 4. The third kappa shape index (κ3) is 3.90. The van der Waals surface area contributed by atoms with Crippen molar-refractivity contribution >= 4 is 35.2 Å². The van der Waals surface area contributed by atoms with E-state index in [9.17, 15) is 19.2 Å². The summed E-state index contributed by atoms with van der Waals surface area (Å²) in [6.45, 7) is 6.02.